The number of ether oxygens (including phenoxy) is 9. The number of carbonyl (C=O) groups is 4. The molecule has 0 aliphatic carbocycles. The van der Waals surface area contributed by atoms with E-state index in [0.29, 0.717) is 32.5 Å². The summed E-state index contributed by atoms with van der Waals surface area (Å²) in [5.74, 6) is -3.94. The number of hydrogen-bond donors (Lipinski definition) is 2. The summed E-state index contributed by atoms with van der Waals surface area (Å²) in [7, 11) is 3.11. The Kier molecular flexibility index (Phi) is 17.7. The average molecular weight is 941 g/mol. The van der Waals surface area contributed by atoms with Gasteiger partial charge in [0.05, 0.1) is 42.4 Å². The maximum atomic E-state index is 14.9. The fourth-order valence-electron chi connectivity index (χ4n) is 11.8. The highest BCUT2D eigenvalue weighted by Crippen LogP contribution is 2.49. The van der Waals surface area contributed by atoms with Crippen molar-refractivity contribution in [2.45, 2.75) is 206 Å². The Morgan fingerprint density at radius 2 is 1.52 bits per heavy atom. The molecule has 5 heterocycles. The number of rotatable bonds is 14. The van der Waals surface area contributed by atoms with Crippen LogP contribution in [0.25, 0.3) is 0 Å². The van der Waals surface area contributed by atoms with Crippen LogP contribution in [0.4, 0.5) is 9.59 Å². The highest BCUT2D eigenvalue weighted by Gasteiger charge is 2.66. The summed E-state index contributed by atoms with van der Waals surface area (Å²) in [6.07, 6.45) is -7.00. The molecule has 0 unspecified atom stereocenters. The smallest absolute Gasteiger partial charge is 0.410 e. The van der Waals surface area contributed by atoms with Gasteiger partial charge in [-0.1, -0.05) is 48.5 Å². The summed E-state index contributed by atoms with van der Waals surface area (Å²) >= 11 is 0. The SMILES string of the molecule is CCCN1C(=O)O[C@]2(C)[C@@H](CC)OC(=O)[C@H](C)[C@@H](O[C@H]3C[C@@](C)(OC)[C@@]4(CN(CCN(CC)CC)C(=O)O4)[C@H](C)O3)[C@H](C)[C@@H](O[C@@H]3O[C@H](C)C[C@H](N)[C@H]3O)[C@@](C)(OC)C[C@@H](C)C(=O)[C@H](C)[C@@H]12. The molecule has 0 aromatic carbocycles. The minimum atomic E-state index is -1.38. The van der Waals surface area contributed by atoms with Crippen molar-refractivity contribution >= 4 is 23.9 Å². The predicted octanol–water partition coefficient (Wildman–Crippen LogP) is 4.89. The Balaban J connectivity index is 1.60. The fourth-order valence-corrected chi connectivity index (χ4v) is 11.8. The lowest BCUT2D eigenvalue weighted by atomic mass is 9.73. The number of methoxy groups -OCH3 is 2. The van der Waals surface area contributed by atoms with Crippen LogP contribution in [-0.2, 0) is 52.2 Å². The molecular formula is C48H84N4O14. The largest absolute Gasteiger partial charge is 0.458 e. The monoisotopic (exact) mass is 941 g/mol. The molecule has 5 fully saturated rings. The van der Waals surface area contributed by atoms with Gasteiger partial charge in [-0.05, 0) is 80.3 Å². The average Bonchev–Trinajstić information content (AvgIpc) is 3.75. The molecule has 2 amide bonds. The van der Waals surface area contributed by atoms with Gasteiger partial charge in [0.15, 0.2) is 23.8 Å². The van der Waals surface area contributed by atoms with E-state index in [1.165, 1.54) is 7.11 Å². The third-order valence-electron chi connectivity index (χ3n) is 16.0. The molecule has 0 bridgehead atoms. The van der Waals surface area contributed by atoms with Crippen molar-refractivity contribution in [1.29, 1.82) is 0 Å². The van der Waals surface area contributed by atoms with Crippen LogP contribution < -0.4 is 5.73 Å². The minimum Gasteiger partial charge on any atom is -0.458 e. The van der Waals surface area contributed by atoms with Crippen molar-refractivity contribution in [2.24, 2.45) is 29.4 Å². The number of nitrogens with zero attached hydrogens (tertiary/aromatic N) is 3. The molecule has 18 nitrogen and oxygen atoms in total. The summed E-state index contributed by atoms with van der Waals surface area (Å²) in [5, 5.41) is 11.4. The number of cyclic esters (lactones) is 1. The van der Waals surface area contributed by atoms with E-state index in [2.05, 4.69) is 18.7 Å². The summed E-state index contributed by atoms with van der Waals surface area (Å²) < 4.78 is 58.5. The lowest BCUT2D eigenvalue weighted by Crippen LogP contribution is -2.68. The highest BCUT2D eigenvalue weighted by molar-refractivity contribution is 5.85. The second kappa shape index (κ2) is 21.5. The van der Waals surface area contributed by atoms with Crippen molar-refractivity contribution < 1.29 is 66.9 Å². The van der Waals surface area contributed by atoms with E-state index in [9.17, 15) is 24.3 Å². The van der Waals surface area contributed by atoms with Gasteiger partial charge in [0, 0.05) is 64.1 Å². The van der Waals surface area contributed by atoms with Crippen LogP contribution in [0.3, 0.4) is 0 Å². The zero-order valence-electron chi connectivity index (χ0n) is 42.5. The van der Waals surface area contributed by atoms with Gasteiger partial charge >= 0.3 is 18.2 Å². The van der Waals surface area contributed by atoms with Gasteiger partial charge in [0.1, 0.15) is 29.7 Å². The van der Waals surface area contributed by atoms with Gasteiger partial charge in [-0.3, -0.25) is 9.59 Å². The number of Topliss-reactive ketones (excluding diaryl/α,β-unsaturated/α-hetero) is 1. The van der Waals surface area contributed by atoms with E-state index in [0.717, 1.165) is 13.1 Å². The lowest BCUT2D eigenvalue weighted by molar-refractivity contribution is -0.330. The maximum Gasteiger partial charge on any atom is 0.410 e. The molecule has 5 aliphatic heterocycles. The quantitative estimate of drug-likeness (QED) is 0.176. The van der Waals surface area contributed by atoms with Crippen LogP contribution in [0.2, 0.25) is 0 Å². The predicted molar refractivity (Wildman–Crippen MR) is 243 cm³/mol. The van der Waals surface area contributed by atoms with Crippen LogP contribution in [-0.4, -0.2) is 181 Å². The summed E-state index contributed by atoms with van der Waals surface area (Å²) in [6, 6.07) is -1.41. The summed E-state index contributed by atoms with van der Waals surface area (Å²) in [6.45, 7) is 27.7. The number of aliphatic hydroxyl groups is 1. The van der Waals surface area contributed by atoms with Crippen LogP contribution in [0.1, 0.15) is 122 Å². The third kappa shape index (κ3) is 10.3. The van der Waals surface area contributed by atoms with E-state index in [4.69, 9.17) is 48.4 Å². The molecule has 1 spiro atoms. The zero-order chi connectivity index (χ0) is 49.3. The van der Waals surface area contributed by atoms with Crippen molar-refractivity contribution in [3.63, 3.8) is 0 Å². The van der Waals surface area contributed by atoms with E-state index < -0.39 is 119 Å². The first-order valence-electron chi connectivity index (χ1n) is 24.5. The third-order valence-corrected chi connectivity index (χ3v) is 16.0. The number of likely N-dealkylation sites (N-methyl/N-ethyl adjacent to an activating group) is 1. The second-order valence-electron chi connectivity index (χ2n) is 20.4. The van der Waals surface area contributed by atoms with E-state index >= 15 is 0 Å². The molecule has 5 saturated heterocycles. The lowest BCUT2D eigenvalue weighted by Gasteiger charge is -2.53. The first kappa shape index (κ1) is 54.3. The van der Waals surface area contributed by atoms with Gasteiger partial charge in [0.25, 0.3) is 0 Å². The number of aliphatic hydroxyl groups excluding tert-OH is 1. The first-order valence-corrected chi connectivity index (χ1v) is 24.5. The second-order valence-corrected chi connectivity index (χ2v) is 20.4. The zero-order valence-corrected chi connectivity index (χ0v) is 42.5. The van der Waals surface area contributed by atoms with E-state index in [-0.39, 0.29) is 37.7 Å². The molecule has 0 radical (unpaired) electrons. The fraction of sp³-hybridized carbons (Fsp3) is 0.917. The molecule has 66 heavy (non-hydrogen) atoms. The number of fused-ring (bicyclic) bond motifs is 1. The Labute approximate surface area is 393 Å². The van der Waals surface area contributed by atoms with Crippen LogP contribution in [0.5, 0.6) is 0 Å². The number of carbonyl (C=O) groups excluding carboxylic acids is 4. The summed E-state index contributed by atoms with van der Waals surface area (Å²) in [5.41, 5.74) is 1.44. The molecule has 3 N–H and O–H groups in total. The number of hydrogen-bond acceptors (Lipinski definition) is 16. The van der Waals surface area contributed by atoms with Crippen LogP contribution in [0.15, 0.2) is 0 Å². The topological polar surface area (TPSA) is 207 Å². The van der Waals surface area contributed by atoms with E-state index in [1.54, 1.807) is 37.7 Å². The normalized spacial score (nSPS) is 44.0. The molecule has 0 aromatic heterocycles. The maximum absolute atomic E-state index is 14.9. The van der Waals surface area contributed by atoms with Gasteiger partial charge < -0.3 is 68.2 Å². The van der Waals surface area contributed by atoms with Crippen molar-refractivity contribution in [3.05, 3.63) is 0 Å². The molecule has 18 heteroatoms. The van der Waals surface area contributed by atoms with Crippen LogP contribution >= 0.6 is 0 Å². The molecule has 5 rings (SSSR count). The summed E-state index contributed by atoms with van der Waals surface area (Å²) in [4.78, 5) is 62.5. The van der Waals surface area contributed by atoms with Gasteiger partial charge in [-0.25, -0.2) is 9.59 Å². The van der Waals surface area contributed by atoms with Gasteiger partial charge in [-0.15, -0.1) is 0 Å². The number of nitrogens with two attached hydrogens (primary N) is 1. The van der Waals surface area contributed by atoms with Crippen molar-refractivity contribution in [2.75, 3.05) is 53.5 Å². The Hall–Kier alpha value is -2.68. The Bertz CT molecular complexity index is 1690. The standard InChI is InChI=1S/C48H84N4O14/c1-16-20-52-39-29(7)36(53)27(5)24-45(11,58-14)40(64-42-37(54)33(49)23-28(6)60-42)30(8)38(31(9)41(55)62-34(17-2)47(39,13)65-44(52)57)63-35-25-46(12,59-15)48(32(10)61-35)26-51(43(56)66-48)22-21-50(18-3)19-4/h27-35,37-40,42,54H,16-26,49H2,1-15H3/t27-,28-,29+,30+,31-,32+,33+,34-,35+,37-,38+,39-,40-,42+,45+,46-,47-,48-/m1/s1. The van der Waals surface area contributed by atoms with Crippen molar-refractivity contribution in [1.82, 2.24) is 14.7 Å². The minimum absolute atomic E-state index is 0.101. The molecular weight excluding hydrogens is 857 g/mol. The first-order chi connectivity index (χ1) is 30.9. The number of amides is 2. The van der Waals surface area contributed by atoms with Crippen molar-refractivity contribution in [3.8, 4) is 0 Å². The van der Waals surface area contributed by atoms with Gasteiger partial charge in [-0.2, -0.15) is 0 Å². The Morgan fingerprint density at radius 1 is 0.848 bits per heavy atom. The molecule has 5 aliphatic rings. The highest BCUT2D eigenvalue weighted by atomic mass is 16.7. The van der Waals surface area contributed by atoms with Crippen LogP contribution in [0, 0.1) is 23.7 Å². The molecule has 0 saturated carbocycles. The molecule has 18 atom stereocenters. The number of ketones is 1. The Morgan fingerprint density at radius 3 is 2.11 bits per heavy atom. The molecule has 380 valence electrons. The van der Waals surface area contributed by atoms with Gasteiger partial charge in [0.2, 0.25) is 0 Å². The van der Waals surface area contributed by atoms with E-state index in [1.807, 2.05) is 55.4 Å². The molecule has 0 aromatic rings. The number of esters is 1.